The first-order valence-corrected chi connectivity index (χ1v) is 7.65. The Morgan fingerprint density at radius 2 is 1.91 bits per heavy atom. The Morgan fingerprint density at radius 3 is 2.74 bits per heavy atom. The van der Waals surface area contributed by atoms with Crippen molar-refractivity contribution in [1.82, 2.24) is 4.98 Å². The van der Waals surface area contributed by atoms with E-state index in [-0.39, 0.29) is 5.82 Å². The van der Waals surface area contributed by atoms with E-state index in [1.165, 1.54) is 0 Å². The fourth-order valence-corrected chi connectivity index (χ4v) is 2.93. The predicted octanol–water partition coefficient (Wildman–Crippen LogP) is 4.35. The van der Waals surface area contributed by atoms with E-state index in [4.69, 9.17) is 4.74 Å². The lowest BCUT2D eigenvalue weighted by atomic mass is 10.1. The molecule has 0 aliphatic carbocycles. The minimum atomic E-state index is -0.191. The summed E-state index contributed by atoms with van der Waals surface area (Å²) in [5, 5.41) is 1.07. The highest BCUT2D eigenvalue weighted by Crippen LogP contribution is 2.34. The van der Waals surface area contributed by atoms with E-state index in [2.05, 4.69) is 23.2 Å². The zero-order valence-electron chi connectivity index (χ0n) is 13.1. The largest absolute Gasteiger partial charge is 0.470 e. The average molecular weight is 308 g/mol. The highest BCUT2D eigenvalue weighted by molar-refractivity contribution is 5.86. The molecule has 3 nitrogen and oxygen atoms in total. The van der Waals surface area contributed by atoms with Crippen molar-refractivity contribution in [3.8, 4) is 5.75 Å². The lowest BCUT2D eigenvalue weighted by Gasteiger charge is -2.31. The summed E-state index contributed by atoms with van der Waals surface area (Å²) in [7, 11) is 0. The zero-order valence-corrected chi connectivity index (χ0v) is 13.1. The molecule has 1 aliphatic rings. The molecule has 0 unspecified atom stereocenters. The predicted molar refractivity (Wildman–Crippen MR) is 89.3 cm³/mol. The third kappa shape index (κ3) is 2.40. The quantitative estimate of drug-likeness (QED) is 0.668. The lowest BCUT2D eigenvalue weighted by molar-refractivity contribution is 0.292. The molecule has 0 atom stereocenters. The molecule has 0 N–H and O–H groups in total. The summed E-state index contributed by atoms with van der Waals surface area (Å²) in [5.74, 6) is 0.652. The van der Waals surface area contributed by atoms with Crippen molar-refractivity contribution in [3.05, 3.63) is 65.1 Å². The number of aryl methyl sites for hydroxylation is 2. The first-order chi connectivity index (χ1) is 11.1. The molecule has 4 rings (SSSR count). The molecule has 0 saturated carbocycles. The minimum absolute atomic E-state index is 0.191. The van der Waals surface area contributed by atoms with E-state index in [0.29, 0.717) is 18.8 Å². The number of benzene rings is 2. The van der Waals surface area contributed by atoms with Crippen LogP contribution in [0.3, 0.4) is 0 Å². The SMILES string of the molecule is Cc1ccc2ccc3c(c2n1)OCN(c1ccc(C)c(F)c1)C3. The molecule has 0 radical (unpaired) electrons. The Morgan fingerprint density at radius 1 is 1.09 bits per heavy atom. The summed E-state index contributed by atoms with van der Waals surface area (Å²) in [6, 6.07) is 13.5. The highest BCUT2D eigenvalue weighted by atomic mass is 19.1. The van der Waals surface area contributed by atoms with Gasteiger partial charge in [0, 0.05) is 28.9 Å². The first kappa shape index (κ1) is 14.0. The molecule has 23 heavy (non-hydrogen) atoms. The highest BCUT2D eigenvalue weighted by Gasteiger charge is 2.21. The van der Waals surface area contributed by atoms with Gasteiger partial charge in [-0.25, -0.2) is 9.37 Å². The second-order valence-electron chi connectivity index (χ2n) is 5.98. The Kier molecular flexibility index (Phi) is 3.18. The van der Waals surface area contributed by atoms with Crippen molar-refractivity contribution in [2.24, 2.45) is 0 Å². The summed E-state index contributed by atoms with van der Waals surface area (Å²) >= 11 is 0. The molecule has 116 valence electrons. The van der Waals surface area contributed by atoms with E-state index in [1.807, 2.05) is 24.0 Å². The van der Waals surface area contributed by atoms with Crippen LogP contribution in [-0.2, 0) is 6.54 Å². The van der Waals surface area contributed by atoms with Crippen LogP contribution in [0.15, 0.2) is 42.5 Å². The third-order valence-electron chi connectivity index (χ3n) is 4.28. The van der Waals surface area contributed by atoms with Crippen LogP contribution in [0, 0.1) is 19.7 Å². The van der Waals surface area contributed by atoms with Crippen molar-refractivity contribution in [2.45, 2.75) is 20.4 Å². The van der Waals surface area contributed by atoms with Gasteiger partial charge in [0.25, 0.3) is 0 Å². The van der Waals surface area contributed by atoms with Crippen molar-refractivity contribution < 1.29 is 9.13 Å². The van der Waals surface area contributed by atoms with Crippen LogP contribution < -0.4 is 9.64 Å². The normalized spacial score (nSPS) is 13.8. The van der Waals surface area contributed by atoms with Gasteiger partial charge in [0.15, 0.2) is 12.5 Å². The molecule has 1 aliphatic heterocycles. The minimum Gasteiger partial charge on any atom is -0.470 e. The topological polar surface area (TPSA) is 25.4 Å². The Hall–Kier alpha value is -2.62. The summed E-state index contributed by atoms with van der Waals surface area (Å²) in [6.45, 7) is 4.82. The molecule has 0 spiro atoms. The van der Waals surface area contributed by atoms with E-state index in [9.17, 15) is 4.39 Å². The monoisotopic (exact) mass is 308 g/mol. The van der Waals surface area contributed by atoms with Gasteiger partial charge in [-0.15, -0.1) is 0 Å². The molecule has 0 fully saturated rings. The summed E-state index contributed by atoms with van der Waals surface area (Å²) in [4.78, 5) is 6.63. The van der Waals surface area contributed by atoms with Gasteiger partial charge in [0.2, 0.25) is 0 Å². The van der Waals surface area contributed by atoms with Crippen molar-refractivity contribution in [1.29, 1.82) is 0 Å². The maximum Gasteiger partial charge on any atom is 0.161 e. The molecule has 2 heterocycles. The average Bonchev–Trinajstić information content (AvgIpc) is 2.56. The van der Waals surface area contributed by atoms with Gasteiger partial charge in [-0.05, 0) is 37.6 Å². The van der Waals surface area contributed by atoms with Crippen LogP contribution in [0.5, 0.6) is 5.75 Å². The summed E-state index contributed by atoms with van der Waals surface area (Å²) < 4.78 is 19.8. The Balaban J connectivity index is 1.73. The van der Waals surface area contributed by atoms with E-state index in [0.717, 1.165) is 33.6 Å². The first-order valence-electron chi connectivity index (χ1n) is 7.65. The number of nitrogens with zero attached hydrogens (tertiary/aromatic N) is 2. The Labute approximate surface area is 134 Å². The third-order valence-corrected chi connectivity index (χ3v) is 4.28. The van der Waals surface area contributed by atoms with Crippen LogP contribution >= 0.6 is 0 Å². The van der Waals surface area contributed by atoms with Crippen LogP contribution in [0.25, 0.3) is 10.9 Å². The van der Waals surface area contributed by atoms with Gasteiger partial charge in [-0.2, -0.15) is 0 Å². The van der Waals surface area contributed by atoms with Crippen molar-refractivity contribution >= 4 is 16.6 Å². The number of hydrogen-bond donors (Lipinski definition) is 0. The molecule has 4 heteroatoms. The molecule has 0 bridgehead atoms. The second kappa shape index (κ2) is 5.23. The number of pyridine rings is 1. The number of aromatic nitrogens is 1. The zero-order chi connectivity index (χ0) is 16.0. The molecule has 2 aromatic carbocycles. The van der Waals surface area contributed by atoms with Gasteiger partial charge in [0.05, 0.1) is 0 Å². The number of fused-ring (bicyclic) bond motifs is 3. The number of ether oxygens (including phenoxy) is 1. The molecular weight excluding hydrogens is 291 g/mol. The van der Waals surface area contributed by atoms with Crippen LogP contribution in [-0.4, -0.2) is 11.7 Å². The van der Waals surface area contributed by atoms with Gasteiger partial charge in [-0.3, -0.25) is 0 Å². The second-order valence-corrected chi connectivity index (χ2v) is 5.98. The molecule has 0 amide bonds. The van der Waals surface area contributed by atoms with E-state index >= 15 is 0 Å². The molecular formula is C19H17FN2O. The smallest absolute Gasteiger partial charge is 0.161 e. The fourth-order valence-electron chi connectivity index (χ4n) is 2.93. The van der Waals surface area contributed by atoms with E-state index in [1.54, 1.807) is 19.1 Å². The van der Waals surface area contributed by atoms with Crippen LogP contribution in [0.4, 0.5) is 10.1 Å². The van der Waals surface area contributed by atoms with Crippen LogP contribution in [0.2, 0.25) is 0 Å². The molecule has 3 aromatic rings. The Bertz CT molecular complexity index is 907. The standard InChI is InChI=1S/C19H17FN2O/c1-12-3-8-16(9-17(12)20)22-10-15-7-6-14-5-4-13(2)21-18(14)19(15)23-11-22/h3-9H,10-11H2,1-2H3. The summed E-state index contributed by atoms with van der Waals surface area (Å²) in [6.07, 6.45) is 0. The lowest BCUT2D eigenvalue weighted by Crippen LogP contribution is -2.32. The summed E-state index contributed by atoms with van der Waals surface area (Å²) in [5.41, 5.74) is 4.42. The number of anilines is 1. The van der Waals surface area contributed by atoms with Gasteiger partial charge in [-0.1, -0.05) is 24.3 Å². The maximum absolute atomic E-state index is 13.8. The molecule has 0 saturated heterocycles. The number of rotatable bonds is 1. The van der Waals surface area contributed by atoms with Gasteiger partial charge in [0.1, 0.15) is 11.3 Å². The van der Waals surface area contributed by atoms with Crippen molar-refractivity contribution in [3.63, 3.8) is 0 Å². The van der Waals surface area contributed by atoms with Crippen molar-refractivity contribution in [2.75, 3.05) is 11.6 Å². The van der Waals surface area contributed by atoms with Crippen LogP contribution in [0.1, 0.15) is 16.8 Å². The number of halogens is 1. The maximum atomic E-state index is 13.8. The van der Waals surface area contributed by atoms with Gasteiger partial charge >= 0.3 is 0 Å². The van der Waals surface area contributed by atoms with E-state index < -0.39 is 0 Å². The number of hydrogen-bond acceptors (Lipinski definition) is 3. The molecule has 1 aromatic heterocycles. The van der Waals surface area contributed by atoms with Gasteiger partial charge < -0.3 is 9.64 Å². The fraction of sp³-hybridized carbons (Fsp3) is 0.211.